The molecule has 55 heavy (non-hydrogen) atoms. The summed E-state index contributed by atoms with van der Waals surface area (Å²) in [7, 11) is -1.94. The standard InChI is InChI=1S/C43H60N6O5Si/c1-29-21-35(48(26-29)39(50)53-41(2,3)4)23-37-44-24-33(46-37)19-17-30-13-15-31(16-14-30)18-20-34-25-45-38(47-34)36-22-32(28-52-55(11,12)43(8,9)10)27-49(36)40(51)54-42(5,6)7/h13-16,24-25,29,32,35-36H,21-23,26-28H2,1-12H3,(H,44,46)(H,45,47)/t29-,32-,35-,36-/m0/s1. The lowest BCUT2D eigenvalue weighted by Gasteiger charge is -2.37. The Morgan fingerprint density at radius 1 is 0.782 bits per heavy atom. The molecular formula is C43H60N6O5Si. The lowest BCUT2D eigenvalue weighted by Crippen LogP contribution is -2.42. The monoisotopic (exact) mass is 768 g/mol. The van der Waals surface area contributed by atoms with E-state index in [-0.39, 0.29) is 35.2 Å². The minimum Gasteiger partial charge on any atom is -0.444 e. The minimum atomic E-state index is -1.94. The Kier molecular flexibility index (Phi) is 12.3. The van der Waals surface area contributed by atoms with E-state index in [0.717, 1.165) is 29.8 Å². The van der Waals surface area contributed by atoms with Crippen LogP contribution in [0.25, 0.3) is 0 Å². The molecule has 4 heterocycles. The van der Waals surface area contributed by atoms with Crippen molar-refractivity contribution >= 4 is 20.5 Å². The molecule has 5 rings (SSSR count). The number of imidazole rings is 2. The SMILES string of the molecule is C[C@H]1C[C@@H](Cc2ncc(C#Cc3ccc(C#Cc4cnc([C@@H]5C[C@H](CO[Si](C)(C)C(C)(C)C)CN5C(=O)OC(C)(C)C)[nH]4)cc3)[nH]2)N(C(=O)OC(C)(C)C)C1. The summed E-state index contributed by atoms with van der Waals surface area (Å²) in [5.74, 6) is 14.8. The zero-order valence-electron chi connectivity index (χ0n) is 34.8. The summed E-state index contributed by atoms with van der Waals surface area (Å²) in [6, 6.07) is 7.52. The van der Waals surface area contributed by atoms with Gasteiger partial charge in [-0.15, -0.1) is 0 Å². The summed E-state index contributed by atoms with van der Waals surface area (Å²) >= 11 is 0. The number of ether oxygens (including phenoxy) is 2. The summed E-state index contributed by atoms with van der Waals surface area (Å²) in [6.45, 7) is 26.5. The van der Waals surface area contributed by atoms with E-state index in [1.54, 1.807) is 17.3 Å². The molecule has 0 radical (unpaired) electrons. The van der Waals surface area contributed by atoms with E-state index in [2.05, 4.69) is 84.4 Å². The predicted molar refractivity (Wildman–Crippen MR) is 217 cm³/mol. The van der Waals surface area contributed by atoms with Crippen molar-refractivity contribution in [2.45, 2.75) is 130 Å². The van der Waals surface area contributed by atoms with Crippen LogP contribution in [0.4, 0.5) is 9.59 Å². The van der Waals surface area contributed by atoms with E-state index < -0.39 is 19.5 Å². The maximum absolute atomic E-state index is 13.3. The van der Waals surface area contributed by atoms with Crippen molar-refractivity contribution in [2.24, 2.45) is 11.8 Å². The van der Waals surface area contributed by atoms with Crippen molar-refractivity contribution < 1.29 is 23.5 Å². The van der Waals surface area contributed by atoms with Gasteiger partial charge in [0, 0.05) is 49.2 Å². The van der Waals surface area contributed by atoms with Crippen molar-refractivity contribution in [3.05, 3.63) is 70.8 Å². The Hall–Kier alpha value is -4.52. The summed E-state index contributed by atoms with van der Waals surface area (Å²) in [5.41, 5.74) is 1.92. The van der Waals surface area contributed by atoms with Gasteiger partial charge in [-0.3, -0.25) is 4.90 Å². The Bertz CT molecular complexity index is 1940. The number of amides is 2. The Labute approximate surface area is 328 Å². The van der Waals surface area contributed by atoms with Gasteiger partial charge in [-0.1, -0.05) is 39.5 Å². The van der Waals surface area contributed by atoms with Crippen LogP contribution in [-0.2, 0) is 20.3 Å². The van der Waals surface area contributed by atoms with Gasteiger partial charge in [-0.25, -0.2) is 19.6 Å². The molecule has 0 aliphatic carbocycles. The first kappa shape index (κ1) is 41.6. The lowest BCUT2D eigenvalue weighted by atomic mass is 10.1. The van der Waals surface area contributed by atoms with Crippen LogP contribution in [0.15, 0.2) is 36.7 Å². The first-order valence-electron chi connectivity index (χ1n) is 19.4. The molecule has 296 valence electrons. The van der Waals surface area contributed by atoms with Crippen molar-refractivity contribution in [2.75, 3.05) is 19.7 Å². The molecule has 2 fully saturated rings. The number of nitrogens with zero attached hydrogens (tertiary/aromatic N) is 4. The van der Waals surface area contributed by atoms with Gasteiger partial charge in [-0.2, -0.15) is 0 Å². The number of hydrogen-bond acceptors (Lipinski definition) is 7. The first-order chi connectivity index (χ1) is 25.5. The van der Waals surface area contributed by atoms with Gasteiger partial charge < -0.3 is 28.8 Å². The topological polar surface area (TPSA) is 126 Å². The Morgan fingerprint density at radius 3 is 1.89 bits per heavy atom. The smallest absolute Gasteiger partial charge is 0.410 e. The van der Waals surface area contributed by atoms with Crippen LogP contribution in [0.2, 0.25) is 18.1 Å². The second-order valence-electron chi connectivity index (χ2n) is 18.7. The van der Waals surface area contributed by atoms with Gasteiger partial charge in [0.1, 0.15) is 34.2 Å². The van der Waals surface area contributed by atoms with Gasteiger partial charge in [0.2, 0.25) is 0 Å². The number of carbonyl (C=O) groups excluding carboxylic acids is 2. The van der Waals surface area contributed by atoms with Crippen molar-refractivity contribution in [1.29, 1.82) is 0 Å². The number of benzene rings is 1. The fourth-order valence-electron chi connectivity index (χ4n) is 6.50. The molecule has 2 aromatic heterocycles. The third-order valence-electron chi connectivity index (χ3n) is 10.3. The zero-order chi connectivity index (χ0) is 40.3. The highest BCUT2D eigenvalue weighted by molar-refractivity contribution is 6.74. The molecule has 0 bridgehead atoms. The molecule has 2 aliphatic heterocycles. The number of likely N-dealkylation sites (tertiary alicyclic amines) is 2. The second kappa shape index (κ2) is 16.3. The highest BCUT2D eigenvalue weighted by atomic mass is 28.4. The highest BCUT2D eigenvalue weighted by Gasteiger charge is 2.43. The molecule has 12 heteroatoms. The molecule has 0 saturated carbocycles. The number of hydrogen-bond donors (Lipinski definition) is 2. The third-order valence-corrected chi connectivity index (χ3v) is 14.8. The van der Waals surface area contributed by atoms with Crippen molar-refractivity contribution in [1.82, 2.24) is 29.7 Å². The molecule has 11 nitrogen and oxygen atoms in total. The number of aromatic amines is 2. The summed E-state index contributed by atoms with van der Waals surface area (Å²) in [4.78, 5) is 45.6. The van der Waals surface area contributed by atoms with Gasteiger partial charge in [0.25, 0.3) is 0 Å². The number of H-pyrrole nitrogens is 2. The Balaban J connectivity index is 1.20. The summed E-state index contributed by atoms with van der Waals surface area (Å²) < 4.78 is 18.0. The number of rotatable bonds is 6. The normalized spacial score (nSPS) is 20.4. The molecule has 4 atom stereocenters. The summed E-state index contributed by atoms with van der Waals surface area (Å²) in [5, 5.41) is 0.105. The molecule has 2 amide bonds. The van der Waals surface area contributed by atoms with Gasteiger partial charge in [-0.05, 0) is 115 Å². The minimum absolute atomic E-state index is 0.0262. The van der Waals surface area contributed by atoms with Gasteiger partial charge in [0.15, 0.2) is 8.32 Å². The number of aromatic nitrogens is 4. The maximum atomic E-state index is 13.3. The highest BCUT2D eigenvalue weighted by Crippen LogP contribution is 2.40. The van der Waals surface area contributed by atoms with Gasteiger partial charge in [0.05, 0.1) is 18.4 Å². The number of nitrogens with one attached hydrogen (secondary N) is 2. The van der Waals surface area contributed by atoms with Crippen molar-refractivity contribution in [3.63, 3.8) is 0 Å². The quantitative estimate of drug-likeness (QED) is 0.191. The molecule has 1 aromatic carbocycles. The van der Waals surface area contributed by atoms with Crippen LogP contribution in [0.5, 0.6) is 0 Å². The molecular weight excluding hydrogens is 709 g/mol. The maximum Gasteiger partial charge on any atom is 0.410 e. The second-order valence-corrected chi connectivity index (χ2v) is 23.5. The molecule has 0 unspecified atom stereocenters. The van der Waals surface area contributed by atoms with E-state index in [9.17, 15) is 9.59 Å². The fraction of sp³-hybridized carbons (Fsp3) is 0.581. The van der Waals surface area contributed by atoms with Crippen LogP contribution in [0, 0.1) is 35.5 Å². The van der Waals surface area contributed by atoms with E-state index in [4.69, 9.17) is 13.9 Å². The molecule has 2 aliphatic rings. The lowest BCUT2D eigenvalue weighted by molar-refractivity contribution is 0.0204. The van der Waals surface area contributed by atoms with Crippen LogP contribution in [0.1, 0.15) is 122 Å². The third kappa shape index (κ3) is 11.5. The van der Waals surface area contributed by atoms with Crippen LogP contribution in [-0.4, -0.2) is 87.2 Å². The van der Waals surface area contributed by atoms with E-state index in [1.165, 1.54) is 0 Å². The fourth-order valence-corrected chi connectivity index (χ4v) is 7.58. The van der Waals surface area contributed by atoms with Crippen LogP contribution >= 0.6 is 0 Å². The average Bonchev–Trinajstić information content (AvgIpc) is 3.87. The summed E-state index contributed by atoms with van der Waals surface area (Å²) in [6.07, 6.45) is 5.07. The first-order valence-corrected chi connectivity index (χ1v) is 22.3. The molecule has 0 spiro atoms. The van der Waals surface area contributed by atoms with Crippen molar-refractivity contribution in [3.8, 4) is 23.7 Å². The van der Waals surface area contributed by atoms with Gasteiger partial charge >= 0.3 is 12.2 Å². The Morgan fingerprint density at radius 2 is 1.33 bits per heavy atom. The van der Waals surface area contributed by atoms with E-state index in [1.807, 2.05) is 70.7 Å². The molecule has 2 saturated heterocycles. The molecule has 2 N–H and O–H groups in total. The van der Waals surface area contributed by atoms with Crippen LogP contribution in [0.3, 0.4) is 0 Å². The predicted octanol–water partition coefficient (Wildman–Crippen LogP) is 8.44. The molecule has 3 aromatic rings. The van der Waals surface area contributed by atoms with E-state index in [0.29, 0.717) is 49.2 Å². The average molecular weight is 769 g/mol. The largest absolute Gasteiger partial charge is 0.444 e. The van der Waals surface area contributed by atoms with E-state index >= 15 is 0 Å². The van der Waals surface area contributed by atoms with Crippen LogP contribution < -0.4 is 0 Å². The number of carbonyl (C=O) groups is 2. The zero-order valence-corrected chi connectivity index (χ0v) is 35.8.